The first kappa shape index (κ1) is 11.3. The largest absolute Gasteiger partial charge is 0.397 e. The van der Waals surface area contributed by atoms with Gasteiger partial charge in [0.1, 0.15) is 5.82 Å². The molecule has 2 nitrogen and oxygen atoms in total. The van der Waals surface area contributed by atoms with Crippen molar-refractivity contribution >= 4 is 5.70 Å². The third-order valence-electron chi connectivity index (χ3n) is 2.12. The Balaban J connectivity index is 3.18. The molecule has 0 bridgehead atoms. The molecular formula is C12H13FN2. The molecule has 0 amide bonds. The van der Waals surface area contributed by atoms with Crippen molar-refractivity contribution in [2.75, 3.05) is 0 Å². The minimum Gasteiger partial charge on any atom is -0.397 e. The minimum atomic E-state index is -0.390. The molecular weight excluding hydrogens is 191 g/mol. The Labute approximate surface area is 88.8 Å². The molecule has 0 heterocycles. The molecule has 0 saturated carbocycles. The molecule has 0 aromatic heterocycles. The third kappa shape index (κ3) is 2.57. The molecule has 3 heteroatoms. The van der Waals surface area contributed by atoms with Crippen molar-refractivity contribution in [1.82, 2.24) is 0 Å². The normalized spacial score (nSPS) is 11.8. The minimum absolute atomic E-state index is 0.248. The molecule has 1 aromatic rings. The summed E-state index contributed by atoms with van der Waals surface area (Å²) in [5.41, 5.74) is 6.76. The predicted octanol–water partition coefficient (Wildman–Crippen LogP) is 2.82. The number of nitrogens with two attached hydrogens (primary N) is 1. The smallest absolute Gasteiger partial charge is 0.132 e. The Morgan fingerprint density at radius 3 is 2.67 bits per heavy atom. The Bertz CT molecular complexity index is 416. The summed E-state index contributed by atoms with van der Waals surface area (Å²) in [6.45, 7) is 1.95. The summed E-state index contributed by atoms with van der Waals surface area (Å²) < 4.78 is 13.4. The van der Waals surface area contributed by atoms with Gasteiger partial charge in [0.2, 0.25) is 0 Å². The average molecular weight is 204 g/mol. The van der Waals surface area contributed by atoms with E-state index < -0.39 is 0 Å². The Kier molecular flexibility index (Phi) is 3.87. The van der Waals surface area contributed by atoms with Crippen LogP contribution in [0.3, 0.4) is 0 Å². The number of hydrogen-bond acceptors (Lipinski definition) is 2. The van der Waals surface area contributed by atoms with Crippen LogP contribution in [0.2, 0.25) is 0 Å². The van der Waals surface area contributed by atoms with Gasteiger partial charge in [0, 0.05) is 5.56 Å². The Hall–Kier alpha value is -1.82. The molecule has 15 heavy (non-hydrogen) atoms. The lowest BCUT2D eigenvalue weighted by molar-refractivity contribution is 0.623. The maximum absolute atomic E-state index is 13.4. The van der Waals surface area contributed by atoms with Crippen molar-refractivity contribution in [3.8, 4) is 6.07 Å². The molecule has 1 aromatic carbocycles. The van der Waals surface area contributed by atoms with E-state index >= 15 is 0 Å². The highest BCUT2D eigenvalue weighted by Crippen LogP contribution is 2.19. The van der Waals surface area contributed by atoms with Gasteiger partial charge in [-0.15, -0.1) is 0 Å². The fraction of sp³-hybridized carbons (Fsp3) is 0.250. The van der Waals surface area contributed by atoms with Gasteiger partial charge in [0.25, 0.3) is 0 Å². The molecule has 0 aliphatic rings. The summed E-state index contributed by atoms with van der Waals surface area (Å²) in [5, 5.41) is 8.87. The van der Waals surface area contributed by atoms with E-state index in [2.05, 4.69) is 0 Å². The lowest BCUT2D eigenvalue weighted by atomic mass is 10.0. The summed E-state index contributed by atoms with van der Waals surface area (Å²) in [5.74, 6) is -0.390. The van der Waals surface area contributed by atoms with Crippen molar-refractivity contribution in [2.24, 2.45) is 5.73 Å². The molecule has 0 radical (unpaired) electrons. The molecule has 0 fully saturated rings. The van der Waals surface area contributed by atoms with E-state index in [1.165, 1.54) is 6.07 Å². The number of benzene rings is 1. The van der Waals surface area contributed by atoms with Crippen molar-refractivity contribution < 1.29 is 4.39 Å². The van der Waals surface area contributed by atoms with Crippen LogP contribution >= 0.6 is 0 Å². The van der Waals surface area contributed by atoms with Gasteiger partial charge in [-0.25, -0.2) is 4.39 Å². The standard InChI is InChI=1S/C12H13FN2/c1-2-5-9(8-14)12(15)10-6-3-4-7-11(10)13/h3-4,6-7H,2,5,15H2,1H3/b12-9-. The second kappa shape index (κ2) is 5.16. The maximum atomic E-state index is 13.4. The van der Waals surface area contributed by atoms with E-state index in [-0.39, 0.29) is 11.5 Å². The zero-order valence-corrected chi connectivity index (χ0v) is 8.63. The van der Waals surface area contributed by atoms with Crippen LogP contribution in [0.15, 0.2) is 29.8 Å². The summed E-state index contributed by atoms with van der Waals surface area (Å²) in [6, 6.07) is 8.23. The molecule has 0 aliphatic carbocycles. The van der Waals surface area contributed by atoms with Crippen LogP contribution in [-0.4, -0.2) is 0 Å². The summed E-state index contributed by atoms with van der Waals surface area (Å²) >= 11 is 0. The molecule has 78 valence electrons. The van der Waals surface area contributed by atoms with Crippen LogP contribution in [0.1, 0.15) is 25.3 Å². The van der Waals surface area contributed by atoms with Crippen LogP contribution in [0.5, 0.6) is 0 Å². The van der Waals surface area contributed by atoms with E-state index in [9.17, 15) is 4.39 Å². The van der Waals surface area contributed by atoms with Crippen molar-refractivity contribution in [3.63, 3.8) is 0 Å². The van der Waals surface area contributed by atoms with Crippen molar-refractivity contribution in [2.45, 2.75) is 19.8 Å². The zero-order chi connectivity index (χ0) is 11.3. The highest BCUT2D eigenvalue weighted by molar-refractivity contribution is 5.69. The van der Waals surface area contributed by atoms with Crippen LogP contribution in [0.25, 0.3) is 5.70 Å². The second-order valence-electron chi connectivity index (χ2n) is 3.23. The quantitative estimate of drug-likeness (QED) is 0.769. The number of nitriles is 1. The molecule has 1 rings (SSSR count). The lowest BCUT2D eigenvalue weighted by Crippen LogP contribution is -2.03. The fourth-order valence-electron chi connectivity index (χ4n) is 1.34. The van der Waals surface area contributed by atoms with Gasteiger partial charge < -0.3 is 5.73 Å². The van der Waals surface area contributed by atoms with Gasteiger partial charge in [0.15, 0.2) is 0 Å². The van der Waals surface area contributed by atoms with Gasteiger partial charge in [-0.05, 0) is 18.6 Å². The zero-order valence-electron chi connectivity index (χ0n) is 8.63. The van der Waals surface area contributed by atoms with Crippen LogP contribution < -0.4 is 5.73 Å². The van der Waals surface area contributed by atoms with Crippen molar-refractivity contribution in [1.29, 1.82) is 5.26 Å². The second-order valence-corrected chi connectivity index (χ2v) is 3.23. The van der Waals surface area contributed by atoms with Crippen LogP contribution in [0, 0.1) is 17.1 Å². The highest BCUT2D eigenvalue weighted by Gasteiger charge is 2.08. The Morgan fingerprint density at radius 2 is 2.13 bits per heavy atom. The van der Waals surface area contributed by atoms with Gasteiger partial charge in [0.05, 0.1) is 17.3 Å². The first-order valence-corrected chi connectivity index (χ1v) is 4.84. The third-order valence-corrected chi connectivity index (χ3v) is 2.12. The van der Waals surface area contributed by atoms with Crippen LogP contribution in [0.4, 0.5) is 4.39 Å². The average Bonchev–Trinajstić information content (AvgIpc) is 2.25. The number of halogens is 1. The topological polar surface area (TPSA) is 49.8 Å². The van der Waals surface area contributed by atoms with E-state index in [4.69, 9.17) is 11.0 Å². The molecule has 0 atom stereocenters. The molecule has 0 saturated heterocycles. The van der Waals surface area contributed by atoms with E-state index in [0.29, 0.717) is 17.6 Å². The molecule has 2 N–H and O–H groups in total. The fourth-order valence-corrected chi connectivity index (χ4v) is 1.34. The SMILES string of the molecule is CCC/C(C#N)=C(/N)c1ccccc1F. The van der Waals surface area contributed by atoms with Crippen molar-refractivity contribution in [3.05, 3.63) is 41.2 Å². The lowest BCUT2D eigenvalue weighted by Gasteiger charge is -2.05. The highest BCUT2D eigenvalue weighted by atomic mass is 19.1. The molecule has 0 spiro atoms. The Morgan fingerprint density at radius 1 is 1.47 bits per heavy atom. The number of allylic oxidation sites excluding steroid dienone is 1. The predicted molar refractivity (Wildman–Crippen MR) is 58.0 cm³/mol. The number of rotatable bonds is 3. The van der Waals surface area contributed by atoms with Crippen LogP contribution in [-0.2, 0) is 0 Å². The number of nitrogens with zero attached hydrogens (tertiary/aromatic N) is 1. The molecule has 0 aliphatic heterocycles. The monoisotopic (exact) mass is 204 g/mol. The molecule has 0 unspecified atom stereocenters. The first-order chi connectivity index (χ1) is 7.20. The van der Waals surface area contributed by atoms with E-state index in [0.717, 1.165) is 6.42 Å². The van der Waals surface area contributed by atoms with Gasteiger partial charge in [-0.2, -0.15) is 5.26 Å². The number of hydrogen-bond donors (Lipinski definition) is 1. The van der Waals surface area contributed by atoms with Gasteiger partial charge in [-0.1, -0.05) is 25.5 Å². The summed E-state index contributed by atoms with van der Waals surface area (Å²) in [7, 11) is 0. The summed E-state index contributed by atoms with van der Waals surface area (Å²) in [4.78, 5) is 0. The first-order valence-electron chi connectivity index (χ1n) is 4.84. The summed E-state index contributed by atoms with van der Waals surface area (Å²) in [6.07, 6.45) is 1.40. The van der Waals surface area contributed by atoms with E-state index in [1.807, 2.05) is 13.0 Å². The maximum Gasteiger partial charge on any atom is 0.132 e. The van der Waals surface area contributed by atoms with Gasteiger partial charge in [-0.3, -0.25) is 0 Å². The van der Waals surface area contributed by atoms with Gasteiger partial charge >= 0.3 is 0 Å². The van der Waals surface area contributed by atoms with E-state index in [1.54, 1.807) is 18.2 Å².